The van der Waals surface area contributed by atoms with Crippen molar-refractivity contribution in [3.05, 3.63) is 46.3 Å². The van der Waals surface area contributed by atoms with Crippen molar-refractivity contribution in [1.82, 2.24) is 0 Å². The summed E-state index contributed by atoms with van der Waals surface area (Å²) in [6, 6.07) is 10.4. The summed E-state index contributed by atoms with van der Waals surface area (Å²) < 4.78 is 0. The second kappa shape index (κ2) is 3.50. The Hall–Kier alpha value is -1.47. The van der Waals surface area contributed by atoms with Crippen LogP contribution in [-0.2, 0) is 0 Å². The molecule has 0 aromatic heterocycles. The molecule has 0 radical (unpaired) electrons. The van der Waals surface area contributed by atoms with E-state index in [1.165, 1.54) is 12.0 Å². The summed E-state index contributed by atoms with van der Waals surface area (Å²) in [5.41, 5.74) is 9.53. The number of hydrogen-bond donors (Lipinski definition) is 0. The van der Waals surface area contributed by atoms with E-state index in [4.69, 9.17) is 5.53 Å². The molecule has 0 spiro atoms. The normalized spacial score (nSPS) is 24.9. The van der Waals surface area contributed by atoms with Crippen LogP contribution in [0.15, 0.2) is 35.4 Å². The van der Waals surface area contributed by atoms with Gasteiger partial charge in [-0.05, 0) is 29.4 Å². The van der Waals surface area contributed by atoms with E-state index in [2.05, 4.69) is 34.3 Å². The zero-order valence-corrected chi connectivity index (χ0v) is 7.30. The van der Waals surface area contributed by atoms with Gasteiger partial charge >= 0.3 is 0 Å². The van der Waals surface area contributed by atoms with Gasteiger partial charge in [0.2, 0.25) is 0 Å². The van der Waals surface area contributed by atoms with Crippen LogP contribution in [0.5, 0.6) is 0 Å². The SMILES string of the molecule is [N-]=[N+]=NC[C@H]1C[C@@H]1c1ccccc1. The third kappa shape index (κ3) is 1.82. The Balaban J connectivity index is 1.96. The molecule has 0 heterocycles. The van der Waals surface area contributed by atoms with E-state index in [9.17, 15) is 0 Å². The number of nitrogens with zero attached hydrogens (tertiary/aromatic N) is 3. The molecule has 1 aromatic carbocycles. The number of azide groups is 1. The average molecular weight is 173 g/mol. The van der Waals surface area contributed by atoms with Crippen molar-refractivity contribution in [3.63, 3.8) is 0 Å². The van der Waals surface area contributed by atoms with Crippen molar-refractivity contribution in [1.29, 1.82) is 0 Å². The third-order valence-electron chi connectivity index (χ3n) is 2.53. The van der Waals surface area contributed by atoms with Crippen LogP contribution in [0.2, 0.25) is 0 Å². The summed E-state index contributed by atoms with van der Waals surface area (Å²) in [7, 11) is 0. The molecule has 0 bridgehead atoms. The molecule has 0 aliphatic heterocycles. The molecule has 3 nitrogen and oxygen atoms in total. The topological polar surface area (TPSA) is 48.8 Å². The van der Waals surface area contributed by atoms with Crippen LogP contribution in [-0.4, -0.2) is 6.54 Å². The Morgan fingerprint density at radius 3 is 2.85 bits per heavy atom. The van der Waals surface area contributed by atoms with Crippen LogP contribution in [0, 0.1) is 5.92 Å². The minimum atomic E-state index is 0.582. The van der Waals surface area contributed by atoms with Gasteiger partial charge in [0.25, 0.3) is 0 Å². The fourth-order valence-corrected chi connectivity index (χ4v) is 1.70. The van der Waals surface area contributed by atoms with Gasteiger partial charge in [0.1, 0.15) is 0 Å². The van der Waals surface area contributed by atoms with Crippen LogP contribution in [0.4, 0.5) is 0 Å². The summed E-state index contributed by atoms with van der Waals surface area (Å²) in [6.07, 6.45) is 1.17. The van der Waals surface area contributed by atoms with E-state index < -0.39 is 0 Å². The maximum Gasteiger partial charge on any atom is 0.0292 e. The van der Waals surface area contributed by atoms with E-state index in [0.717, 1.165) is 0 Å². The molecular formula is C10H11N3. The molecule has 1 aliphatic carbocycles. The molecule has 1 saturated carbocycles. The largest absolute Gasteiger partial charge is 0.0937 e. The Morgan fingerprint density at radius 1 is 1.38 bits per heavy atom. The Kier molecular flexibility index (Phi) is 2.19. The molecule has 13 heavy (non-hydrogen) atoms. The van der Waals surface area contributed by atoms with E-state index >= 15 is 0 Å². The van der Waals surface area contributed by atoms with E-state index in [1.54, 1.807) is 0 Å². The first-order valence-corrected chi connectivity index (χ1v) is 4.47. The molecule has 1 fully saturated rings. The van der Waals surface area contributed by atoms with Crippen LogP contribution in [0.25, 0.3) is 10.4 Å². The van der Waals surface area contributed by atoms with E-state index in [-0.39, 0.29) is 0 Å². The molecule has 3 heteroatoms. The van der Waals surface area contributed by atoms with Gasteiger partial charge in [-0.2, -0.15) is 0 Å². The number of rotatable bonds is 3. The molecule has 1 aromatic rings. The van der Waals surface area contributed by atoms with Gasteiger partial charge in [0.15, 0.2) is 0 Å². The molecule has 2 atom stereocenters. The highest BCUT2D eigenvalue weighted by atomic mass is 15.1. The first-order valence-electron chi connectivity index (χ1n) is 4.47. The molecule has 1 aliphatic rings. The maximum absolute atomic E-state index is 8.16. The lowest BCUT2D eigenvalue weighted by molar-refractivity contribution is 0.804. The van der Waals surface area contributed by atoms with Crippen LogP contribution < -0.4 is 0 Å². The summed E-state index contributed by atoms with van der Waals surface area (Å²) in [5.74, 6) is 1.21. The predicted molar refractivity (Wildman–Crippen MR) is 51.3 cm³/mol. The highest BCUT2D eigenvalue weighted by Gasteiger charge is 2.37. The number of benzene rings is 1. The van der Waals surface area contributed by atoms with Crippen molar-refractivity contribution in [2.45, 2.75) is 12.3 Å². The Labute approximate surface area is 77.0 Å². The molecule has 0 unspecified atom stereocenters. The molecule has 2 rings (SSSR count). The lowest BCUT2D eigenvalue weighted by Gasteiger charge is -1.96. The predicted octanol–water partition coefficient (Wildman–Crippen LogP) is 3.10. The Bertz CT molecular complexity index is 327. The summed E-state index contributed by atoms with van der Waals surface area (Å²) in [6.45, 7) is 0.649. The fourth-order valence-electron chi connectivity index (χ4n) is 1.70. The summed E-state index contributed by atoms with van der Waals surface area (Å²) in [4.78, 5) is 2.77. The molecule has 0 saturated heterocycles. The average Bonchev–Trinajstić information content (AvgIpc) is 2.95. The van der Waals surface area contributed by atoms with Crippen LogP contribution >= 0.6 is 0 Å². The quantitative estimate of drug-likeness (QED) is 0.383. The van der Waals surface area contributed by atoms with E-state index in [0.29, 0.717) is 18.4 Å². The molecule has 0 amide bonds. The summed E-state index contributed by atoms with van der Waals surface area (Å²) >= 11 is 0. The molecular weight excluding hydrogens is 162 g/mol. The second-order valence-electron chi connectivity index (χ2n) is 3.43. The standard InChI is InChI=1S/C10H11N3/c11-13-12-7-9-6-10(9)8-4-2-1-3-5-8/h1-5,9-10H,6-7H2/t9-,10-/m1/s1. The Morgan fingerprint density at radius 2 is 2.15 bits per heavy atom. The maximum atomic E-state index is 8.16. The first-order chi connectivity index (χ1) is 6.42. The number of hydrogen-bond acceptors (Lipinski definition) is 1. The minimum absolute atomic E-state index is 0.582. The molecule has 66 valence electrons. The first kappa shape index (κ1) is 8.14. The second-order valence-corrected chi connectivity index (χ2v) is 3.43. The van der Waals surface area contributed by atoms with Gasteiger partial charge in [-0.1, -0.05) is 35.4 Å². The van der Waals surface area contributed by atoms with Crippen molar-refractivity contribution < 1.29 is 0 Å². The zero-order chi connectivity index (χ0) is 9.10. The van der Waals surface area contributed by atoms with Gasteiger partial charge in [-0.25, -0.2) is 0 Å². The minimum Gasteiger partial charge on any atom is -0.0937 e. The van der Waals surface area contributed by atoms with Gasteiger partial charge < -0.3 is 0 Å². The van der Waals surface area contributed by atoms with Crippen LogP contribution in [0.1, 0.15) is 17.9 Å². The molecule has 0 N–H and O–H groups in total. The van der Waals surface area contributed by atoms with Gasteiger partial charge in [-0.15, -0.1) is 0 Å². The lowest BCUT2D eigenvalue weighted by Crippen LogP contribution is -1.85. The smallest absolute Gasteiger partial charge is 0.0292 e. The van der Waals surface area contributed by atoms with Crippen molar-refractivity contribution in [2.75, 3.05) is 6.54 Å². The third-order valence-corrected chi connectivity index (χ3v) is 2.53. The van der Waals surface area contributed by atoms with Gasteiger partial charge in [0, 0.05) is 11.5 Å². The highest BCUT2D eigenvalue weighted by Crippen LogP contribution is 2.47. The van der Waals surface area contributed by atoms with E-state index in [1.807, 2.05) is 6.07 Å². The van der Waals surface area contributed by atoms with Crippen molar-refractivity contribution >= 4 is 0 Å². The monoisotopic (exact) mass is 173 g/mol. The van der Waals surface area contributed by atoms with Gasteiger partial charge in [0.05, 0.1) is 0 Å². The summed E-state index contributed by atoms with van der Waals surface area (Å²) in [5, 5.41) is 3.59. The zero-order valence-electron chi connectivity index (χ0n) is 7.30. The highest BCUT2D eigenvalue weighted by molar-refractivity contribution is 5.25. The fraction of sp³-hybridized carbons (Fsp3) is 0.400. The lowest BCUT2D eigenvalue weighted by atomic mass is 10.1. The van der Waals surface area contributed by atoms with Crippen molar-refractivity contribution in [3.8, 4) is 0 Å². The van der Waals surface area contributed by atoms with Crippen molar-refractivity contribution in [2.24, 2.45) is 11.0 Å². The van der Waals surface area contributed by atoms with Crippen LogP contribution in [0.3, 0.4) is 0 Å². The van der Waals surface area contributed by atoms with Gasteiger partial charge in [-0.3, -0.25) is 0 Å².